The van der Waals surface area contributed by atoms with Gasteiger partial charge in [0.05, 0.1) is 0 Å². The van der Waals surface area contributed by atoms with E-state index in [4.69, 9.17) is 0 Å². The summed E-state index contributed by atoms with van der Waals surface area (Å²) >= 11 is 0. The van der Waals surface area contributed by atoms with E-state index in [-0.39, 0.29) is 31.1 Å². The van der Waals surface area contributed by atoms with Crippen LogP contribution in [0.1, 0.15) is 13.3 Å². The van der Waals surface area contributed by atoms with E-state index in [9.17, 15) is 0 Å². The Hall–Kier alpha value is 0.552. The molecule has 2 nitrogen and oxygen atoms in total. The predicted octanol–water partition coefficient (Wildman–Crippen LogP) is 1.55. The summed E-state index contributed by atoms with van der Waals surface area (Å²) in [6.45, 7) is 6.38. The number of rotatable bonds is 3. The van der Waals surface area contributed by atoms with Crippen molar-refractivity contribution >= 4 is 0 Å². The first-order valence-corrected chi connectivity index (χ1v) is 3.07. The third-order valence-electron chi connectivity index (χ3n) is 0.624. The number of hydrogen-bond donors (Lipinski definition) is 1. The van der Waals surface area contributed by atoms with E-state index >= 15 is 0 Å². The monoisotopic (exact) mass is 366 g/mol. The number of nitrogens with one attached hydrogen (secondary N) is 1. The molecule has 0 aromatic carbocycles. The summed E-state index contributed by atoms with van der Waals surface area (Å²) in [7, 11) is 3.59. The molecule has 0 saturated carbocycles. The molecule has 0 aliphatic heterocycles. The van der Waals surface area contributed by atoms with Gasteiger partial charge in [-0.2, -0.15) is 7.05 Å². The van der Waals surface area contributed by atoms with Crippen molar-refractivity contribution in [3.63, 3.8) is 0 Å². The number of hydrogen-bond acceptors (Lipinski definition) is 1. The van der Waals surface area contributed by atoms with Gasteiger partial charge < -0.3 is 16.8 Å². The van der Waals surface area contributed by atoms with E-state index < -0.39 is 0 Å². The zero-order valence-electron chi connectivity index (χ0n) is 7.07. The van der Waals surface area contributed by atoms with Crippen LogP contribution in [0.25, 0.3) is 5.32 Å². The maximum absolute atomic E-state index is 3.85. The molecule has 0 spiro atoms. The molecule has 0 unspecified atom stereocenters. The molecule has 10 heavy (non-hydrogen) atoms. The summed E-state index contributed by atoms with van der Waals surface area (Å²) < 4.78 is 0. The van der Waals surface area contributed by atoms with E-state index in [1.807, 2.05) is 7.05 Å². The second-order valence-electron chi connectivity index (χ2n) is 1.47. The Morgan fingerprint density at radius 2 is 2.00 bits per heavy atom. The molecule has 0 aliphatic carbocycles. The van der Waals surface area contributed by atoms with Crippen molar-refractivity contribution in [2.24, 2.45) is 0 Å². The van der Waals surface area contributed by atoms with Crippen molar-refractivity contribution in [3.8, 4) is 0 Å². The Bertz CT molecular complexity index is 46.9. The van der Waals surface area contributed by atoms with Crippen molar-refractivity contribution in [1.82, 2.24) is 5.32 Å². The standard InChI is InChI=1S/C4H10N.C3H6N.U/c1-3-4-5-2;1-3-4-2;/h3-4H2,1-2H3;4H,1H2,2H3;/q2*-1;+2. The van der Waals surface area contributed by atoms with Gasteiger partial charge in [0, 0.05) is 0 Å². The van der Waals surface area contributed by atoms with Crippen LogP contribution in [0, 0.1) is 37.3 Å². The van der Waals surface area contributed by atoms with Crippen LogP contribution < -0.4 is 5.32 Å². The summed E-state index contributed by atoms with van der Waals surface area (Å²) in [5.74, 6) is 0. The topological polar surface area (TPSA) is 26.1 Å². The minimum atomic E-state index is 0. The van der Waals surface area contributed by atoms with E-state index in [0.717, 1.165) is 6.54 Å². The van der Waals surface area contributed by atoms with E-state index in [1.165, 1.54) is 6.42 Å². The molecule has 0 aromatic rings. The minimum absolute atomic E-state index is 0. The van der Waals surface area contributed by atoms with Crippen LogP contribution in [0.4, 0.5) is 0 Å². The van der Waals surface area contributed by atoms with Gasteiger partial charge in [0.2, 0.25) is 0 Å². The molecule has 0 saturated heterocycles. The second kappa shape index (κ2) is 22.7. The summed E-state index contributed by atoms with van der Waals surface area (Å²) in [4.78, 5) is 0. The molecule has 0 bridgehead atoms. The molecule has 0 rings (SSSR count). The third-order valence-corrected chi connectivity index (χ3v) is 0.624. The zero-order valence-corrected chi connectivity index (χ0v) is 11.2. The zero-order chi connectivity index (χ0) is 7.54. The molecular formula is C7H16N2U. The average molecular weight is 366 g/mol. The van der Waals surface area contributed by atoms with Gasteiger partial charge in [-0.25, -0.2) is 0 Å². The average Bonchev–Trinajstić information content (AvgIpc) is 1.91. The third kappa shape index (κ3) is 38.7. The summed E-state index contributed by atoms with van der Waals surface area (Å²) in [5, 5.41) is 6.42. The maximum atomic E-state index is 3.85. The van der Waals surface area contributed by atoms with Crippen LogP contribution in [0.5, 0.6) is 0 Å². The van der Waals surface area contributed by atoms with Crippen molar-refractivity contribution in [2.45, 2.75) is 13.3 Å². The normalized spacial score (nSPS) is 6.30. The van der Waals surface area contributed by atoms with Crippen molar-refractivity contribution < 1.29 is 31.1 Å². The molecule has 0 aliphatic rings. The van der Waals surface area contributed by atoms with Crippen molar-refractivity contribution in [2.75, 3.05) is 20.6 Å². The van der Waals surface area contributed by atoms with Gasteiger partial charge in [0.15, 0.2) is 0 Å². The van der Waals surface area contributed by atoms with Crippen LogP contribution >= 0.6 is 0 Å². The smallest absolute Gasteiger partial charge is 0.665 e. The van der Waals surface area contributed by atoms with Crippen molar-refractivity contribution in [3.05, 3.63) is 18.1 Å². The summed E-state index contributed by atoms with van der Waals surface area (Å²) in [6, 6.07) is 0. The van der Waals surface area contributed by atoms with Gasteiger partial charge in [0.1, 0.15) is 0 Å². The SMILES string of the molecule is C=[C-]NC.CCC[N-]C.[U+2]. The Balaban J connectivity index is -0.0000000910. The van der Waals surface area contributed by atoms with Gasteiger partial charge in [-0.3, -0.25) is 6.58 Å². The van der Waals surface area contributed by atoms with E-state index in [2.05, 4.69) is 30.3 Å². The Kier molecular flexibility index (Phi) is 38.3. The fraction of sp³-hybridized carbons (Fsp3) is 0.714. The molecule has 0 atom stereocenters. The van der Waals surface area contributed by atoms with Gasteiger partial charge in [-0.05, 0) is 7.05 Å². The minimum Gasteiger partial charge on any atom is -0.665 e. The van der Waals surface area contributed by atoms with Gasteiger partial charge in [-0.1, -0.05) is 13.3 Å². The quantitative estimate of drug-likeness (QED) is 0.596. The van der Waals surface area contributed by atoms with Crippen LogP contribution in [0.3, 0.4) is 0 Å². The van der Waals surface area contributed by atoms with Crippen molar-refractivity contribution in [1.29, 1.82) is 0 Å². The van der Waals surface area contributed by atoms with Crippen LogP contribution in [0.15, 0.2) is 6.58 Å². The molecule has 0 fully saturated rings. The molecule has 0 radical (unpaired) electrons. The molecule has 58 valence electrons. The molecule has 3 heteroatoms. The second-order valence-corrected chi connectivity index (χ2v) is 1.47. The van der Waals surface area contributed by atoms with E-state index in [0.29, 0.717) is 0 Å². The van der Waals surface area contributed by atoms with Crippen LogP contribution in [-0.4, -0.2) is 20.6 Å². The Morgan fingerprint density at radius 3 is 2.00 bits per heavy atom. The Labute approximate surface area is 88.2 Å². The number of nitrogens with zero attached hydrogens (tertiary/aromatic N) is 1. The van der Waals surface area contributed by atoms with Crippen LogP contribution in [0.2, 0.25) is 0 Å². The van der Waals surface area contributed by atoms with Gasteiger partial charge in [0.25, 0.3) is 0 Å². The molecule has 0 amide bonds. The first-order chi connectivity index (χ1) is 4.33. The first kappa shape index (κ1) is 16.9. The molecule has 1 N–H and O–H groups in total. The van der Waals surface area contributed by atoms with Gasteiger partial charge >= 0.3 is 31.1 Å². The summed E-state index contributed by atoms with van der Waals surface area (Å²) in [5.41, 5.74) is 0. The predicted molar refractivity (Wildman–Crippen MR) is 42.4 cm³/mol. The largest absolute Gasteiger partial charge is 2.00 e. The van der Waals surface area contributed by atoms with Gasteiger partial charge in [-0.15, -0.1) is 6.54 Å². The fourth-order valence-electron chi connectivity index (χ4n) is 0.224. The fourth-order valence-corrected chi connectivity index (χ4v) is 0.224. The maximum Gasteiger partial charge on any atom is 2.00 e. The molecule has 0 aromatic heterocycles. The molecular weight excluding hydrogens is 350 g/mol. The summed E-state index contributed by atoms with van der Waals surface area (Å²) in [6.07, 6.45) is 3.61. The van der Waals surface area contributed by atoms with Crippen LogP contribution in [-0.2, 0) is 0 Å². The Morgan fingerprint density at radius 1 is 1.60 bits per heavy atom. The van der Waals surface area contributed by atoms with E-state index in [1.54, 1.807) is 7.05 Å². The first-order valence-electron chi connectivity index (χ1n) is 3.07. The molecule has 0 heterocycles.